The number of rotatable bonds is 3. The topological polar surface area (TPSA) is 47.9 Å². The molecule has 0 fully saturated rings. The summed E-state index contributed by atoms with van der Waals surface area (Å²) in [6, 6.07) is 14.9. The summed E-state index contributed by atoms with van der Waals surface area (Å²) in [6.07, 6.45) is -0.783. The summed E-state index contributed by atoms with van der Waals surface area (Å²) < 4.78 is 17.3. The first kappa shape index (κ1) is 13.9. The Morgan fingerprint density at radius 3 is 2.43 bits per heavy atom. The summed E-state index contributed by atoms with van der Waals surface area (Å²) in [5.41, 5.74) is 1.90. The second kappa shape index (κ2) is 5.76. The Bertz CT molecular complexity index is 611. The van der Waals surface area contributed by atoms with E-state index < -0.39 is 0 Å². The number of fused-ring (bicyclic) bond motifs is 1. The van der Waals surface area contributed by atoms with Crippen LogP contribution in [0.25, 0.3) is 0 Å². The molecular formula is C17H18O4. The molecule has 0 spiro atoms. The van der Waals surface area contributed by atoms with Crippen molar-refractivity contribution in [2.75, 3.05) is 14.2 Å². The van der Waals surface area contributed by atoms with Gasteiger partial charge >= 0.3 is 0 Å². The van der Waals surface area contributed by atoms with E-state index in [-0.39, 0.29) is 24.1 Å². The number of methoxy groups -OCH3 is 2. The normalized spacial score (nSPS) is 24.2. The first-order valence-electron chi connectivity index (χ1n) is 6.84. The lowest BCUT2D eigenvalue weighted by Gasteiger charge is -2.38. The maximum atomic E-state index is 9.68. The van der Waals surface area contributed by atoms with Crippen LogP contribution in [0, 0.1) is 0 Å². The maximum Gasteiger partial charge on any atom is 0.153 e. The Balaban J connectivity index is 2.06. The highest BCUT2D eigenvalue weighted by atomic mass is 16.6. The maximum absolute atomic E-state index is 9.68. The summed E-state index contributed by atoms with van der Waals surface area (Å²) in [4.78, 5) is 0. The van der Waals surface area contributed by atoms with E-state index >= 15 is 0 Å². The zero-order valence-electron chi connectivity index (χ0n) is 12.0. The van der Waals surface area contributed by atoms with Gasteiger partial charge in [-0.15, -0.1) is 0 Å². The number of benzene rings is 2. The monoisotopic (exact) mass is 286 g/mol. The van der Waals surface area contributed by atoms with Crippen LogP contribution in [0.4, 0.5) is 0 Å². The molecule has 0 saturated heterocycles. The molecular weight excluding hydrogens is 268 g/mol. The SMILES string of the molecule is COC1c2ccc(O)cc2OC(c2ccccc2)C1OC. The molecule has 0 amide bonds. The van der Waals surface area contributed by atoms with Crippen molar-refractivity contribution in [1.82, 2.24) is 0 Å². The standard InChI is InChI=1S/C17H18O4/c1-19-16-13-9-8-12(18)10-14(13)21-15(17(16)20-2)11-6-4-3-5-7-11/h3-10,15-18H,1-2H3. The van der Waals surface area contributed by atoms with Crippen molar-refractivity contribution in [3.8, 4) is 11.5 Å². The second-order valence-corrected chi connectivity index (χ2v) is 5.03. The van der Waals surface area contributed by atoms with Crippen molar-refractivity contribution in [3.63, 3.8) is 0 Å². The van der Waals surface area contributed by atoms with Gasteiger partial charge in [0.1, 0.15) is 23.7 Å². The molecule has 4 heteroatoms. The fourth-order valence-corrected chi connectivity index (χ4v) is 2.81. The largest absolute Gasteiger partial charge is 0.508 e. The van der Waals surface area contributed by atoms with Gasteiger partial charge in [0, 0.05) is 25.8 Å². The summed E-state index contributed by atoms with van der Waals surface area (Å²) in [7, 11) is 3.31. The van der Waals surface area contributed by atoms with Crippen LogP contribution in [0.1, 0.15) is 23.3 Å². The summed E-state index contributed by atoms with van der Waals surface area (Å²) in [6.45, 7) is 0. The lowest BCUT2D eigenvalue weighted by Crippen LogP contribution is -2.36. The molecule has 110 valence electrons. The zero-order valence-corrected chi connectivity index (χ0v) is 12.0. The van der Waals surface area contributed by atoms with Crippen molar-refractivity contribution < 1.29 is 19.3 Å². The number of phenolic OH excluding ortho intramolecular Hbond substituents is 1. The van der Waals surface area contributed by atoms with E-state index in [0.29, 0.717) is 5.75 Å². The van der Waals surface area contributed by atoms with E-state index in [1.54, 1.807) is 26.4 Å². The lowest BCUT2D eigenvalue weighted by atomic mass is 9.92. The molecule has 0 bridgehead atoms. The van der Waals surface area contributed by atoms with Crippen molar-refractivity contribution in [2.24, 2.45) is 0 Å². The third-order valence-electron chi connectivity index (χ3n) is 3.81. The minimum absolute atomic E-state index is 0.172. The highest BCUT2D eigenvalue weighted by Gasteiger charge is 2.39. The average Bonchev–Trinajstić information content (AvgIpc) is 2.53. The highest BCUT2D eigenvalue weighted by Crippen LogP contribution is 2.44. The molecule has 3 atom stereocenters. The van der Waals surface area contributed by atoms with Gasteiger partial charge in [-0.3, -0.25) is 0 Å². The fraction of sp³-hybridized carbons (Fsp3) is 0.294. The Morgan fingerprint density at radius 1 is 1.00 bits per heavy atom. The van der Waals surface area contributed by atoms with Gasteiger partial charge in [0.05, 0.1) is 0 Å². The van der Waals surface area contributed by atoms with Crippen LogP contribution in [0.5, 0.6) is 11.5 Å². The van der Waals surface area contributed by atoms with Crippen LogP contribution < -0.4 is 4.74 Å². The number of aromatic hydroxyl groups is 1. The van der Waals surface area contributed by atoms with Crippen molar-refractivity contribution >= 4 is 0 Å². The molecule has 3 unspecified atom stereocenters. The minimum Gasteiger partial charge on any atom is -0.508 e. The summed E-state index contributed by atoms with van der Waals surface area (Å²) >= 11 is 0. The molecule has 1 heterocycles. The molecule has 4 nitrogen and oxygen atoms in total. The van der Waals surface area contributed by atoms with Gasteiger partial charge in [0.25, 0.3) is 0 Å². The average molecular weight is 286 g/mol. The van der Waals surface area contributed by atoms with Gasteiger partial charge in [-0.05, 0) is 17.7 Å². The van der Waals surface area contributed by atoms with E-state index in [1.807, 2.05) is 36.4 Å². The molecule has 3 rings (SSSR count). The molecule has 21 heavy (non-hydrogen) atoms. The van der Waals surface area contributed by atoms with Gasteiger partial charge in [0.2, 0.25) is 0 Å². The number of ether oxygens (including phenoxy) is 3. The fourth-order valence-electron chi connectivity index (χ4n) is 2.81. The second-order valence-electron chi connectivity index (χ2n) is 5.03. The van der Waals surface area contributed by atoms with E-state index in [2.05, 4.69) is 0 Å². The van der Waals surface area contributed by atoms with Crippen molar-refractivity contribution in [3.05, 3.63) is 59.7 Å². The zero-order chi connectivity index (χ0) is 14.8. The molecule has 1 aliphatic rings. The summed E-state index contributed by atoms with van der Waals surface area (Å²) in [5, 5.41) is 9.68. The molecule has 1 aliphatic heterocycles. The molecule has 1 N–H and O–H groups in total. The van der Waals surface area contributed by atoms with E-state index in [1.165, 1.54) is 0 Å². The van der Waals surface area contributed by atoms with Crippen LogP contribution in [-0.2, 0) is 9.47 Å². The van der Waals surface area contributed by atoms with Crippen LogP contribution in [-0.4, -0.2) is 25.4 Å². The van der Waals surface area contributed by atoms with Gasteiger partial charge in [-0.2, -0.15) is 0 Å². The third kappa shape index (κ3) is 2.48. The highest BCUT2D eigenvalue weighted by molar-refractivity contribution is 5.44. The quantitative estimate of drug-likeness (QED) is 0.941. The van der Waals surface area contributed by atoms with Crippen molar-refractivity contribution in [1.29, 1.82) is 0 Å². The van der Waals surface area contributed by atoms with Gasteiger partial charge < -0.3 is 19.3 Å². The van der Waals surface area contributed by atoms with Gasteiger partial charge in [-0.1, -0.05) is 30.3 Å². The van der Waals surface area contributed by atoms with Gasteiger partial charge in [0.15, 0.2) is 6.10 Å². The predicted molar refractivity (Wildman–Crippen MR) is 78.5 cm³/mol. The van der Waals surface area contributed by atoms with Crippen LogP contribution in [0.15, 0.2) is 48.5 Å². The first-order valence-corrected chi connectivity index (χ1v) is 6.84. The first-order chi connectivity index (χ1) is 10.2. The lowest BCUT2D eigenvalue weighted by molar-refractivity contribution is -0.106. The smallest absolute Gasteiger partial charge is 0.153 e. The summed E-state index contributed by atoms with van der Waals surface area (Å²) in [5.74, 6) is 0.801. The number of phenols is 1. The molecule has 2 aromatic carbocycles. The predicted octanol–water partition coefficient (Wildman–Crippen LogP) is 3.23. The van der Waals surface area contributed by atoms with E-state index in [9.17, 15) is 5.11 Å². The van der Waals surface area contributed by atoms with E-state index in [4.69, 9.17) is 14.2 Å². The number of hydrogen-bond donors (Lipinski definition) is 1. The Kier molecular flexibility index (Phi) is 3.82. The van der Waals surface area contributed by atoms with Crippen LogP contribution in [0.2, 0.25) is 0 Å². The molecule has 2 aromatic rings. The van der Waals surface area contributed by atoms with Crippen LogP contribution in [0.3, 0.4) is 0 Å². The Labute approximate surface area is 123 Å². The molecule has 0 saturated carbocycles. The molecule has 0 radical (unpaired) electrons. The molecule has 0 aliphatic carbocycles. The minimum atomic E-state index is -0.282. The van der Waals surface area contributed by atoms with Crippen molar-refractivity contribution in [2.45, 2.75) is 18.3 Å². The van der Waals surface area contributed by atoms with Gasteiger partial charge in [-0.25, -0.2) is 0 Å². The number of hydrogen-bond acceptors (Lipinski definition) is 4. The van der Waals surface area contributed by atoms with E-state index in [0.717, 1.165) is 11.1 Å². The molecule has 0 aromatic heterocycles. The van der Waals surface area contributed by atoms with Crippen LogP contribution >= 0.6 is 0 Å². The Morgan fingerprint density at radius 2 is 1.76 bits per heavy atom. The third-order valence-corrected chi connectivity index (χ3v) is 3.81. The Hall–Kier alpha value is -2.04.